The van der Waals surface area contributed by atoms with Crippen LogP contribution in [0.1, 0.15) is 22.5 Å². The molecule has 7 N–H and O–H groups in total. The summed E-state index contributed by atoms with van der Waals surface area (Å²) in [4.78, 5) is 34.4. The average molecular weight is 494 g/mol. The van der Waals surface area contributed by atoms with Crippen molar-refractivity contribution in [1.29, 1.82) is 0 Å². The van der Waals surface area contributed by atoms with E-state index in [0.29, 0.717) is 49.9 Å². The van der Waals surface area contributed by atoms with E-state index in [-0.39, 0.29) is 10.6 Å². The van der Waals surface area contributed by atoms with E-state index >= 15 is 0 Å². The van der Waals surface area contributed by atoms with E-state index in [4.69, 9.17) is 28.1 Å². The van der Waals surface area contributed by atoms with Crippen LogP contribution in [-0.2, 0) is 0 Å². The number of thiophene rings is 1. The van der Waals surface area contributed by atoms with Crippen molar-refractivity contribution in [2.45, 2.75) is 18.9 Å². The van der Waals surface area contributed by atoms with Gasteiger partial charge in [-0.2, -0.15) is 0 Å². The Morgan fingerprint density at radius 2 is 1.76 bits per heavy atom. The summed E-state index contributed by atoms with van der Waals surface area (Å²) < 4.78 is 0. The maximum absolute atomic E-state index is 12.5. The summed E-state index contributed by atoms with van der Waals surface area (Å²) in [5.74, 6) is -0.154. The number of aromatic nitrogens is 2. The first-order valence-corrected chi connectivity index (χ1v) is 11.7. The number of carbonyl (C=O) groups excluding carboxylic acids is 2. The van der Waals surface area contributed by atoms with Gasteiger partial charge in [0.15, 0.2) is 0 Å². The summed E-state index contributed by atoms with van der Waals surface area (Å²) >= 11 is 7.03. The summed E-state index contributed by atoms with van der Waals surface area (Å²) in [6.45, 7) is 0. The van der Waals surface area contributed by atoms with E-state index in [9.17, 15) is 9.59 Å². The van der Waals surface area contributed by atoms with Gasteiger partial charge in [-0.25, -0.2) is 14.8 Å². The van der Waals surface area contributed by atoms with Gasteiger partial charge in [-0.3, -0.25) is 4.79 Å². The highest BCUT2D eigenvalue weighted by atomic mass is 35.5. The lowest BCUT2D eigenvalue weighted by Gasteiger charge is -2.11. The van der Waals surface area contributed by atoms with Crippen molar-refractivity contribution in [1.82, 2.24) is 9.97 Å². The molecule has 2 heterocycles. The first kappa shape index (κ1) is 21.9. The van der Waals surface area contributed by atoms with Crippen molar-refractivity contribution in [3.63, 3.8) is 0 Å². The summed E-state index contributed by atoms with van der Waals surface area (Å²) in [5.41, 5.74) is 14.5. The second kappa shape index (κ2) is 8.81. The molecule has 1 saturated carbocycles. The van der Waals surface area contributed by atoms with Gasteiger partial charge >= 0.3 is 6.03 Å². The number of primary amides is 1. The number of anilines is 4. The van der Waals surface area contributed by atoms with Crippen molar-refractivity contribution in [3.05, 3.63) is 58.4 Å². The number of nitrogens with two attached hydrogens (primary N) is 2. The lowest BCUT2D eigenvalue weighted by atomic mass is 10.1. The fourth-order valence-electron chi connectivity index (χ4n) is 3.46. The number of hydrogen-bond donors (Lipinski definition) is 5. The molecule has 0 atom stereocenters. The molecule has 2 aromatic heterocycles. The molecular formula is C23H20ClN7O2S. The van der Waals surface area contributed by atoms with Crippen molar-refractivity contribution in [2.75, 3.05) is 21.7 Å². The SMILES string of the molecule is NC(=O)c1sc2nc(NC3CC3)nc(-c3cccc(NC(=O)Nc4ccc(Cl)cc4)c3)c2c1N. The van der Waals surface area contributed by atoms with Crippen LogP contribution in [0.2, 0.25) is 5.02 Å². The van der Waals surface area contributed by atoms with Crippen LogP contribution in [0.15, 0.2) is 48.5 Å². The van der Waals surface area contributed by atoms with E-state index in [1.807, 2.05) is 6.07 Å². The maximum atomic E-state index is 12.5. The molecule has 34 heavy (non-hydrogen) atoms. The van der Waals surface area contributed by atoms with Crippen LogP contribution in [-0.4, -0.2) is 27.9 Å². The van der Waals surface area contributed by atoms with Crippen molar-refractivity contribution < 1.29 is 9.59 Å². The maximum Gasteiger partial charge on any atom is 0.323 e. The van der Waals surface area contributed by atoms with Crippen LogP contribution in [0.4, 0.5) is 27.8 Å². The molecule has 0 radical (unpaired) electrons. The largest absolute Gasteiger partial charge is 0.397 e. The second-order valence-electron chi connectivity index (χ2n) is 7.87. The summed E-state index contributed by atoms with van der Waals surface area (Å²) in [5, 5.41) is 10.0. The highest BCUT2D eigenvalue weighted by molar-refractivity contribution is 7.21. The number of benzene rings is 2. The normalized spacial score (nSPS) is 13.0. The Bertz CT molecular complexity index is 1420. The van der Waals surface area contributed by atoms with Crippen LogP contribution >= 0.6 is 22.9 Å². The lowest BCUT2D eigenvalue weighted by molar-refractivity contribution is 0.100. The lowest BCUT2D eigenvalue weighted by Crippen LogP contribution is -2.19. The van der Waals surface area contributed by atoms with E-state index in [0.717, 1.165) is 24.2 Å². The number of rotatable bonds is 6. The van der Waals surface area contributed by atoms with Crippen LogP contribution < -0.4 is 27.4 Å². The number of carbonyl (C=O) groups is 2. The molecule has 172 valence electrons. The zero-order chi connectivity index (χ0) is 23.8. The third kappa shape index (κ3) is 4.59. The van der Waals surface area contributed by atoms with Crippen LogP contribution in [0.3, 0.4) is 0 Å². The van der Waals surface area contributed by atoms with Gasteiger partial charge in [0.05, 0.1) is 16.8 Å². The molecule has 2 aromatic carbocycles. The zero-order valence-electron chi connectivity index (χ0n) is 17.8. The summed E-state index contributed by atoms with van der Waals surface area (Å²) in [6.07, 6.45) is 2.11. The Morgan fingerprint density at radius 1 is 1.03 bits per heavy atom. The Balaban J connectivity index is 1.49. The molecule has 0 aliphatic heterocycles. The van der Waals surface area contributed by atoms with Gasteiger partial charge in [0.2, 0.25) is 5.95 Å². The minimum absolute atomic E-state index is 0.241. The van der Waals surface area contributed by atoms with Crippen LogP contribution in [0, 0.1) is 0 Å². The van der Waals surface area contributed by atoms with Gasteiger partial charge in [0.25, 0.3) is 5.91 Å². The third-order valence-electron chi connectivity index (χ3n) is 5.22. The molecule has 11 heteroatoms. The molecule has 1 aliphatic rings. The molecule has 1 aliphatic carbocycles. The van der Waals surface area contributed by atoms with Gasteiger partial charge in [-0.1, -0.05) is 23.7 Å². The molecule has 5 rings (SSSR count). The molecule has 0 saturated heterocycles. The summed E-state index contributed by atoms with van der Waals surface area (Å²) in [6, 6.07) is 13.9. The van der Waals surface area contributed by atoms with Gasteiger partial charge in [-0.15, -0.1) is 11.3 Å². The molecular weight excluding hydrogens is 474 g/mol. The molecule has 0 bridgehead atoms. The molecule has 0 unspecified atom stereocenters. The van der Waals surface area contributed by atoms with E-state index < -0.39 is 11.9 Å². The Hall–Kier alpha value is -3.89. The molecule has 9 nitrogen and oxygen atoms in total. The van der Waals surface area contributed by atoms with Crippen LogP contribution in [0.25, 0.3) is 21.5 Å². The number of fused-ring (bicyclic) bond motifs is 1. The number of amides is 3. The molecule has 3 amide bonds. The van der Waals surface area contributed by atoms with Crippen molar-refractivity contribution >= 4 is 68.1 Å². The third-order valence-corrected chi connectivity index (χ3v) is 6.58. The quantitative estimate of drug-likeness (QED) is 0.257. The number of nitrogen functional groups attached to an aromatic ring is 1. The first-order chi connectivity index (χ1) is 16.4. The topological polar surface area (TPSA) is 148 Å². The number of halogens is 1. The molecule has 0 spiro atoms. The average Bonchev–Trinajstić information content (AvgIpc) is 3.55. The fraction of sp³-hybridized carbons (Fsp3) is 0.130. The van der Waals surface area contributed by atoms with E-state index in [1.165, 1.54) is 0 Å². The molecule has 1 fully saturated rings. The fourth-order valence-corrected chi connectivity index (χ4v) is 4.53. The highest BCUT2D eigenvalue weighted by Gasteiger charge is 2.25. The minimum Gasteiger partial charge on any atom is -0.397 e. The number of nitrogens with one attached hydrogen (secondary N) is 3. The number of nitrogens with zero attached hydrogens (tertiary/aromatic N) is 2. The van der Waals surface area contributed by atoms with Gasteiger partial charge in [-0.05, 0) is 49.2 Å². The van der Waals surface area contributed by atoms with Crippen LogP contribution in [0.5, 0.6) is 0 Å². The Morgan fingerprint density at radius 3 is 2.47 bits per heavy atom. The second-order valence-corrected chi connectivity index (χ2v) is 9.31. The Kier molecular flexibility index (Phi) is 5.68. The van der Waals surface area contributed by atoms with Gasteiger partial charge in [0, 0.05) is 28.0 Å². The molecule has 4 aromatic rings. The monoisotopic (exact) mass is 493 g/mol. The van der Waals surface area contributed by atoms with Gasteiger partial charge < -0.3 is 27.4 Å². The first-order valence-electron chi connectivity index (χ1n) is 10.5. The smallest absolute Gasteiger partial charge is 0.323 e. The van der Waals surface area contributed by atoms with Crippen molar-refractivity contribution in [2.24, 2.45) is 5.73 Å². The number of hydrogen-bond acceptors (Lipinski definition) is 7. The van der Waals surface area contributed by atoms with Crippen molar-refractivity contribution in [3.8, 4) is 11.3 Å². The highest BCUT2D eigenvalue weighted by Crippen LogP contribution is 2.39. The summed E-state index contributed by atoms with van der Waals surface area (Å²) in [7, 11) is 0. The predicted octanol–water partition coefficient (Wildman–Crippen LogP) is 4.91. The Labute approximate surface area is 203 Å². The predicted molar refractivity (Wildman–Crippen MR) is 137 cm³/mol. The van der Waals surface area contributed by atoms with E-state index in [2.05, 4.69) is 20.9 Å². The zero-order valence-corrected chi connectivity index (χ0v) is 19.3. The number of urea groups is 1. The van der Waals surface area contributed by atoms with E-state index in [1.54, 1.807) is 42.5 Å². The standard InChI is InChI=1S/C23H20ClN7O2S/c24-12-4-6-14(7-5-12)28-23(33)29-15-3-1-2-11(10-15)18-16-17(25)19(20(26)32)34-21(16)31-22(30-18)27-13-8-9-13/h1-7,10,13H,8-9,25H2,(H2,26,32)(H,27,30,31)(H2,28,29,33). The minimum atomic E-state index is -0.613. The van der Waals surface area contributed by atoms with Gasteiger partial charge in [0.1, 0.15) is 9.71 Å².